The van der Waals surface area contributed by atoms with Crippen LogP contribution in [0.1, 0.15) is 30.4 Å². The number of ether oxygens (including phenoxy) is 1. The minimum atomic E-state index is -1.12. The lowest BCUT2D eigenvalue weighted by Gasteiger charge is -2.21. The number of phenols is 1. The second-order valence-electron chi connectivity index (χ2n) is 7.49. The molecule has 2 atom stereocenters. The number of aromatic hydroxyl groups is 1. The third kappa shape index (κ3) is 8.77. The van der Waals surface area contributed by atoms with Crippen LogP contribution in [-0.2, 0) is 32.0 Å². The number of phenolic OH excluding ortho intramolecular Hbond substituents is 1. The van der Waals surface area contributed by atoms with Crippen molar-refractivity contribution < 1.29 is 29.3 Å². The number of nitrogens with one attached hydrogen (secondary N) is 2. The van der Waals surface area contributed by atoms with Gasteiger partial charge in [0.25, 0.3) is 0 Å². The largest absolute Gasteiger partial charge is 0.508 e. The molecule has 0 bridgehead atoms. The van der Waals surface area contributed by atoms with E-state index in [4.69, 9.17) is 4.74 Å². The van der Waals surface area contributed by atoms with Gasteiger partial charge in [0.2, 0.25) is 5.91 Å². The second kappa shape index (κ2) is 13.1. The molecule has 0 aliphatic rings. The van der Waals surface area contributed by atoms with Crippen LogP contribution >= 0.6 is 0 Å². The summed E-state index contributed by atoms with van der Waals surface area (Å²) < 4.78 is 4.81. The van der Waals surface area contributed by atoms with E-state index in [1.807, 2.05) is 36.4 Å². The smallest absolute Gasteiger partial charge is 0.328 e. The number of rotatable bonds is 13. The SMILES string of the molecule is COC(=O)C(CCc1ccccc1)NC(=O)C(CC(=O)O)NCCCc1cccc(O)c1. The van der Waals surface area contributed by atoms with E-state index in [1.54, 1.807) is 18.2 Å². The molecular formula is C24H30N2O6. The summed E-state index contributed by atoms with van der Waals surface area (Å²) in [6, 6.07) is 14.6. The maximum Gasteiger partial charge on any atom is 0.328 e. The van der Waals surface area contributed by atoms with Gasteiger partial charge in [-0.2, -0.15) is 0 Å². The highest BCUT2D eigenvalue weighted by Gasteiger charge is 2.27. The Morgan fingerprint density at radius 3 is 2.34 bits per heavy atom. The number of esters is 1. The molecule has 0 aliphatic heterocycles. The number of hydrogen-bond acceptors (Lipinski definition) is 6. The van der Waals surface area contributed by atoms with Crippen LogP contribution < -0.4 is 10.6 Å². The first kappa shape index (κ1) is 24.9. The van der Waals surface area contributed by atoms with Gasteiger partial charge in [-0.1, -0.05) is 42.5 Å². The van der Waals surface area contributed by atoms with E-state index in [2.05, 4.69) is 10.6 Å². The Kier molecular flexibility index (Phi) is 10.2. The Hall–Kier alpha value is -3.39. The van der Waals surface area contributed by atoms with Crippen molar-refractivity contribution in [3.8, 4) is 5.75 Å². The van der Waals surface area contributed by atoms with Crippen LogP contribution in [0.4, 0.5) is 0 Å². The predicted molar refractivity (Wildman–Crippen MR) is 119 cm³/mol. The lowest BCUT2D eigenvalue weighted by Crippen LogP contribution is -2.51. The van der Waals surface area contributed by atoms with E-state index >= 15 is 0 Å². The number of carbonyl (C=O) groups is 3. The van der Waals surface area contributed by atoms with E-state index in [0.29, 0.717) is 32.2 Å². The lowest BCUT2D eigenvalue weighted by molar-refractivity contribution is -0.145. The standard InChI is InChI=1S/C24H30N2O6/c1-32-24(31)20(13-12-17-7-3-2-4-8-17)26-23(30)21(16-22(28)29)25-14-6-10-18-9-5-11-19(27)15-18/h2-5,7-9,11,15,20-21,25,27H,6,10,12-14,16H2,1H3,(H,26,30)(H,28,29). The topological polar surface area (TPSA) is 125 Å². The summed E-state index contributed by atoms with van der Waals surface area (Å²) in [5.41, 5.74) is 1.96. The average molecular weight is 443 g/mol. The number of aryl methyl sites for hydroxylation is 2. The summed E-state index contributed by atoms with van der Waals surface area (Å²) in [5.74, 6) is -2.08. The molecule has 0 radical (unpaired) electrons. The van der Waals surface area contributed by atoms with Gasteiger partial charge < -0.3 is 25.6 Å². The summed E-state index contributed by atoms with van der Waals surface area (Å²) in [5, 5.41) is 24.3. The van der Waals surface area contributed by atoms with Crippen molar-refractivity contribution in [2.24, 2.45) is 0 Å². The maximum absolute atomic E-state index is 12.8. The fourth-order valence-electron chi connectivity index (χ4n) is 3.33. The van der Waals surface area contributed by atoms with Crippen molar-refractivity contribution >= 4 is 17.8 Å². The summed E-state index contributed by atoms with van der Waals surface area (Å²) in [6.45, 7) is 0.397. The van der Waals surface area contributed by atoms with E-state index in [0.717, 1.165) is 11.1 Å². The highest BCUT2D eigenvalue weighted by atomic mass is 16.5. The van der Waals surface area contributed by atoms with E-state index in [1.165, 1.54) is 7.11 Å². The van der Waals surface area contributed by atoms with Crippen LogP contribution in [0.3, 0.4) is 0 Å². The summed E-state index contributed by atoms with van der Waals surface area (Å²) in [6.07, 6.45) is 1.78. The number of carboxylic acid groups (broad SMARTS) is 1. The van der Waals surface area contributed by atoms with Gasteiger partial charge in [-0.3, -0.25) is 9.59 Å². The molecule has 2 rings (SSSR count). The Bertz CT molecular complexity index is 887. The molecule has 1 amide bonds. The molecule has 0 spiro atoms. The first-order valence-electron chi connectivity index (χ1n) is 10.5. The molecule has 172 valence electrons. The van der Waals surface area contributed by atoms with Gasteiger partial charge >= 0.3 is 11.9 Å². The molecule has 0 saturated heterocycles. The highest BCUT2D eigenvalue weighted by molar-refractivity contribution is 5.90. The van der Waals surface area contributed by atoms with E-state index in [-0.39, 0.29) is 5.75 Å². The normalized spacial score (nSPS) is 12.5. The summed E-state index contributed by atoms with van der Waals surface area (Å²) in [7, 11) is 1.25. The van der Waals surface area contributed by atoms with Gasteiger partial charge in [-0.15, -0.1) is 0 Å². The summed E-state index contributed by atoms with van der Waals surface area (Å²) >= 11 is 0. The van der Waals surface area contributed by atoms with Crippen LogP contribution in [-0.4, -0.2) is 53.8 Å². The van der Waals surface area contributed by atoms with Crippen LogP contribution in [0.15, 0.2) is 54.6 Å². The molecule has 2 aromatic carbocycles. The minimum Gasteiger partial charge on any atom is -0.508 e. The molecule has 0 saturated carbocycles. The zero-order valence-electron chi connectivity index (χ0n) is 18.1. The van der Waals surface area contributed by atoms with Crippen molar-refractivity contribution in [3.63, 3.8) is 0 Å². The van der Waals surface area contributed by atoms with Gasteiger partial charge in [-0.05, 0) is 55.5 Å². The van der Waals surface area contributed by atoms with Crippen LogP contribution in [0.2, 0.25) is 0 Å². The molecule has 32 heavy (non-hydrogen) atoms. The Morgan fingerprint density at radius 1 is 0.969 bits per heavy atom. The van der Waals surface area contributed by atoms with Gasteiger partial charge in [0.15, 0.2) is 0 Å². The number of carbonyl (C=O) groups excluding carboxylic acids is 2. The molecular weight excluding hydrogens is 412 g/mol. The van der Waals surface area contributed by atoms with Crippen LogP contribution in [0.5, 0.6) is 5.75 Å². The minimum absolute atomic E-state index is 0.183. The first-order chi connectivity index (χ1) is 15.4. The van der Waals surface area contributed by atoms with Crippen LogP contribution in [0.25, 0.3) is 0 Å². The number of aliphatic carboxylic acids is 1. The van der Waals surface area contributed by atoms with Crippen molar-refractivity contribution in [3.05, 3.63) is 65.7 Å². The zero-order valence-corrected chi connectivity index (χ0v) is 18.1. The van der Waals surface area contributed by atoms with Gasteiger partial charge in [0, 0.05) is 0 Å². The number of methoxy groups -OCH3 is 1. The highest BCUT2D eigenvalue weighted by Crippen LogP contribution is 2.12. The molecule has 8 nitrogen and oxygen atoms in total. The Labute approximate surface area is 187 Å². The fourth-order valence-corrected chi connectivity index (χ4v) is 3.33. The molecule has 8 heteroatoms. The van der Waals surface area contributed by atoms with Crippen molar-refractivity contribution in [2.75, 3.05) is 13.7 Å². The lowest BCUT2D eigenvalue weighted by atomic mass is 10.0. The first-order valence-corrected chi connectivity index (χ1v) is 10.5. The van der Waals surface area contributed by atoms with Crippen molar-refractivity contribution in [1.82, 2.24) is 10.6 Å². The maximum atomic E-state index is 12.8. The quantitative estimate of drug-likeness (QED) is 0.276. The van der Waals surface area contributed by atoms with E-state index in [9.17, 15) is 24.6 Å². The molecule has 0 aliphatic carbocycles. The zero-order chi connectivity index (χ0) is 23.3. The molecule has 0 heterocycles. The van der Waals surface area contributed by atoms with Crippen molar-refractivity contribution in [1.29, 1.82) is 0 Å². The number of carboxylic acids is 1. The van der Waals surface area contributed by atoms with Gasteiger partial charge in [-0.25, -0.2) is 4.79 Å². The van der Waals surface area contributed by atoms with E-state index < -0.39 is 36.4 Å². The second-order valence-corrected chi connectivity index (χ2v) is 7.49. The van der Waals surface area contributed by atoms with Crippen LogP contribution in [0, 0.1) is 0 Å². The van der Waals surface area contributed by atoms with Crippen molar-refractivity contribution in [2.45, 2.75) is 44.2 Å². The monoisotopic (exact) mass is 442 g/mol. The summed E-state index contributed by atoms with van der Waals surface area (Å²) in [4.78, 5) is 36.2. The Balaban J connectivity index is 1.92. The average Bonchev–Trinajstić information content (AvgIpc) is 2.78. The Morgan fingerprint density at radius 2 is 1.69 bits per heavy atom. The van der Waals surface area contributed by atoms with Gasteiger partial charge in [0.1, 0.15) is 11.8 Å². The number of amides is 1. The third-order valence-electron chi connectivity index (χ3n) is 5.01. The molecule has 2 aromatic rings. The fraction of sp³-hybridized carbons (Fsp3) is 0.375. The molecule has 4 N–H and O–H groups in total. The molecule has 2 unspecified atom stereocenters. The predicted octanol–water partition coefficient (Wildman–Crippen LogP) is 2.05. The molecule has 0 fully saturated rings. The van der Waals surface area contributed by atoms with Gasteiger partial charge in [0.05, 0.1) is 19.6 Å². The molecule has 0 aromatic heterocycles. The number of hydrogen-bond donors (Lipinski definition) is 4. The number of benzene rings is 2. The third-order valence-corrected chi connectivity index (χ3v) is 5.01.